The maximum atomic E-state index is 10.5. The van der Waals surface area contributed by atoms with E-state index in [0.29, 0.717) is 22.9 Å². The Hall–Kier alpha value is -1.55. The monoisotopic (exact) mass is 579 g/mol. The highest BCUT2D eigenvalue weighted by molar-refractivity contribution is 8.00. The fourth-order valence-corrected chi connectivity index (χ4v) is 7.54. The Morgan fingerprint density at radius 2 is 2.13 bits per heavy atom. The molecule has 2 unspecified atom stereocenters. The summed E-state index contributed by atoms with van der Waals surface area (Å²) in [5, 5.41) is 14.8. The second kappa shape index (κ2) is 10.1. The molecule has 8 atom stereocenters. The van der Waals surface area contributed by atoms with E-state index >= 15 is 0 Å². The second-order valence-corrected chi connectivity index (χ2v) is 14.1. The Morgan fingerprint density at radius 3 is 2.84 bits per heavy atom. The van der Waals surface area contributed by atoms with Gasteiger partial charge in [-0.1, -0.05) is 12.2 Å². The van der Waals surface area contributed by atoms with Crippen LogP contribution in [0, 0.1) is 17.2 Å². The molecule has 2 N–H and O–H groups in total. The largest absolute Gasteiger partial charge is 0.382 e. The number of thiol groups is 1. The van der Waals surface area contributed by atoms with Crippen molar-refractivity contribution in [3.05, 3.63) is 36.3 Å². The molecule has 0 amide bonds. The summed E-state index contributed by atoms with van der Waals surface area (Å²) in [6.07, 6.45) is 2.00. The molecule has 3 aliphatic rings. The maximum absolute atomic E-state index is 10.5. The first-order chi connectivity index (χ1) is 17.9. The van der Waals surface area contributed by atoms with Crippen LogP contribution < -0.4 is 5.73 Å². The van der Waals surface area contributed by atoms with Crippen molar-refractivity contribution in [3.63, 3.8) is 0 Å². The molecule has 206 valence electrons. The summed E-state index contributed by atoms with van der Waals surface area (Å²) >= 11 is 10.5. The molecule has 2 aromatic heterocycles. The average molecular weight is 580 g/mol. The van der Waals surface area contributed by atoms with Gasteiger partial charge in [-0.05, 0) is 76.8 Å². The Bertz CT molecular complexity index is 1310. The van der Waals surface area contributed by atoms with Gasteiger partial charge in [-0.2, -0.15) is 23.0 Å². The number of hydrogen-bond donors (Lipinski definition) is 2. The number of anilines is 1. The second-order valence-electron chi connectivity index (χ2n) is 11.0. The minimum Gasteiger partial charge on any atom is -0.382 e. The molecule has 0 aromatic carbocycles. The Morgan fingerprint density at radius 1 is 1.37 bits per heavy atom. The molecular weight excluding hydrogens is 545 g/mol. The van der Waals surface area contributed by atoms with Crippen molar-refractivity contribution in [2.24, 2.45) is 5.92 Å². The predicted octanol–water partition coefficient (Wildman–Crippen LogP) is 3.92. The van der Waals surface area contributed by atoms with Gasteiger partial charge in [0.2, 0.25) is 5.60 Å². The molecule has 2 saturated heterocycles. The third kappa shape index (κ3) is 4.93. The van der Waals surface area contributed by atoms with Gasteiger partial charge in [-0.15, -0.1) is 0 Å². The summed E-state index contributed by atoms with van der Waals surface area (Å²) in [6.45, 7) is 12.0. The summed E-state index contributed by atoms with van der Waals surface area (Å²) in [5.74, 6) is -0.256. The number of aromatic nitrogens is 3. The van der Waals surface area contributed by atoms with Crippen LogP contribution in [0.25, 0.3) is 5.52 Å². The SMILES string of the molecule is C=C(C)[C@H]1CC[C@@](C)(S)C(O[PH](=S)OC[C@H]2O[C@@](C#N)(c3ccc4c(N)ncnn34)[C@@H]3OC(C)(C)O[C@@H]32)C1. The van der Waals surface area contributed by atoms with Gasteiger partial charge in [-0.3, -0.25) is 0 Å². The van der Waals surface area contributed by atoms with Crippen LogP contribution in [0.5, 0.6) is 0 Å². The summed E-state index contributed by atoms with van der Waals surface area (Å²) in [7, 11) is -2.08. The lowest BCUT2D eigenvalue weighted by Gasteiger charge is -2.41. The van der Waals surface area contributed by atoms with E-state index in [9.17, 15) is 5.26 Å². The molecule has 38 heavy (non-hydrogen) atoms. The normalized spacial score (nSPS) is 37.1. The minimum absolute atomic E-state index is 0.0855. The van der Waals surface area contributed by atoms with Crippen molar-refractivity contribution < 1.29 is 23.3 Å². The van der Waals surface area contributed by atoms with Gasteiger partial charge in [-0.25, -0.2) is 9.50 Å². The van der Waals surface area contributed by atoms with E-state index in [1.54, 1.807) is 16.6 Å². The van der Waals surface area contributed by atoms with Crippen LogP contribution in [0.15, 0.2) is 30.6 Å². The summed E-state index contributed by atoms with van der Waals surface area (Å²) in [5.41, 5.74) is 6.69. The van der Waals surface area contributed by atoms with Crippen LogP contribution in [-0.2, 0) is 40.7 Å². The molecule has 0 spiro atoms. The standard InChI is InChI=1S/C25H34N5O5PS2/c1-14(2)15-8-9-24(5,37)19(10-15)35-36(38)31-11-17-20-21(34-23(3,4)33-20)25(12-26,32-17)18-7-6-16-22(27)28-13-29-30(16)18/h6-7,13,15,17,19-21,36-37H,1,8-11H2,2-5H3,(H2,27,28,29)/t15-,17+,19?,20+,21+,24+,25-/m0/s1. The van der Waals surface area contributed by atoms with Crippen molar-refractivity contribution in [2.45, 2.75) is 87.5 Å². The highest BCUT2D eigenvalue weighted by Crippen LogP contribution is 2.50. The van der Waals surface area contributed by atoms with E-state index in [0.717, 1.165) is 24.8 Å². The Balaban J connectivity index is 1.35. The van der Waals surface area contributed by atoms with Gasteiger partial charge < -0.3 is 29.0 Å². The Kier molecular flexibility index (Phi) is 7.46. The van der Waals surface area contributed by atoms with E-state index in [4.69, 9.17) is 53.4 Å². The number of allylic oxidation sites excluding steroid dienone is 1. The number of hydrogen-bond acceptors (Lipinski definition) is 11. The van der Waals surface area contributed by atoms with Crippen LogP contribution >= 0.6 is 19.8 Å². The highest BCUT2D eigenvalue weighted by Gasteiger charge is 2.65. The molecule has 2 aromatic rings. The van der Waals surface area contributed by atoms with Crippen LogP contribution in [0.4, 0.5) is 5.82 Å². The lowest BCUT2D eigenvalue weighted by molar-refractivity contribution is -0.203. The van der Waals surface area contributed by atoms with Gasteiger partial charge in [0.15, 0.2) is 18.8 Å². The van der Waals surface area contributed by atoms with Crippen molar-refractivity contribution in [3.8, 4) is 6.07 Å². The van der Waals surface area contributed by atoms with E-state index in [-0.39, 0.29) is 17.5 Å². The molecule has 0 radical (unpaired) electrons. The molecule has 13 heteroatoms. The van der Waals surface area contributed by atoms with Crippen LogP contribution in [0.3, 0.4) is 0 Å². The van der Waals surface area contributed by atoms with Gasteiger partial charge in [0.25, 0.3) is 0 Å². The first kappa shape index (κ1) is 28.0. The Labute approximate surface area is 233 Å². The molecule has 0 bridgehead atoms. The highest BCUT2D eigenvalue weighted by atomic mass is 32.4. The molecule has 5 rings (SSSR count). The number of fused-ring (bicyclic) bond motifs is 2. The zero-order chi connectivity index (χ0) is 27.5. The molecule has 1 saturated carbocycles. The smallest absolute Gasteiger partial charge is 0.226 e. The number of nitrogen functional groups attached to an aromatic ring is 1. The summed E-state index contributed by atoms with van der Waals surface area (Å²) in [6, 6.07) is 5.84. The van der Waals surface area contributed by atoms with Crippen LogP contribution in [-0.4, -0.2) is 56.2 Å². The van der Waals surface area contributed by atoms with Gasteiger partial charge >= 0.3 is 0 Å². The molecule has 4 heterocycles. The number of rotatable bonds is 7. The average Bonchev–Trinajstić information content (AvgIpc) is 3.50. The fraction of sp³-hybridized carbons (Fsp3) is 0.640. The van der Waals surface area contributed by atoms with Gasteiger partial charge in [0, 0.05) is 4.75 Å². The molecule has 2 aliphatic heterocycles. The van der Waals surface area contributed by atoms with Crippen LogP contribution in [0.1, 0.15) is 52.7 Å². The zero-order valence-electron chi connectivity index (χ0n) is 21.9. The van der Waals surface area contributed by atoms with Crippen molar-refractivity contribution >= 4 is 42.9 Å². The predicted molar refractivity (Wildman–Crippen MR) is 149 cm³/mol. The lowest BCUT2D eigenvalue weighted by Crippen LogP contribution is -2.41. The van der Waals surface area contributed by atoms with E-state index in [2.05, 4.69) is 29.7 Å². The van der Waals surface area contributed by atoms with Crippen molar-refractivity contribution in [1.82, 2.24) is 14.6 Å². The molecular formula is C25H34N5O5PS2. The number of nitrogens with two attached hydrogens (primary N) is 1. The van der Waals surface area contributed by atoms with E-state index < -0.39 is 36.9 Å². The van der Waals surface area contributed by atoms with E-state index in [1.165, 1.54) is 6.33 Å². The number of nitriles is 1. The van der Waals surface area contributed by atoms with Crippen molar-refractivity contribution in [1.29, 1.82) is 5.26 Å². The maximum Gasteiger partial charge on any atom is 0.226 e. The molecule has 1 aliphatic carbocycles. The summed E-state index contributed by atoms with van der Waals surface area (Å²) < 4.78 is 32.4. The number of nitrogens with zero attached hydrogens (tertiary/aromatic N) is 4. The first-order valence-corrected chi connectivity index (χ1v) is 15.5. The quantitative estimate of drug-likeness (QED) is 0.283. The molecule has 10 nitrogen and oxygen atoms in total. The first-order valence-electron chi connectivity index (χ1n) is 12.6. The van der Waals surface area contributed by atoms with E-state index in [1.807, 2.05) is 20.8 Å². The minimum atomic E-state index is -2.08. The van der Waals surface area contributed by atoms with Gasteiger partial charge in [0.05, 0.1) is 18.4 Å². The number of ether oxygens (including phenoxy) is 3. The van der Waals surface area contributed by atoms with Crippen molar-refractivity contribution in [2.75, 3.05) is 12.3 Å². The summed E-state index contributed by atoms with van der Waals surface area (Å²) in [4.78, 5) is 4.04. The third-order valence-corrected chi connectivity index (χ3v) is 9.79. The third-order valence-electron chi connectivity index (χ3n) is 7.75. The zero-order valence-corrected chi connectivity index (χ0v) is 24.6. The molecule has 3 fully saturated rings. The lowest BCUT2D eigenvalue weighted by atomic mass is 9.77. The fourth-order valence-electron chi connectivity index (χ4n) is 5.65. The van der Waals surface area contributed by atoms with Crippen LogP contribution in [0.2, 0.25) is 0 Å². The topological polar surface area (TPSA) is 126 Å². The van der Waals surface area contributed by atoms with Gasteiger partial charge in [0.1, 0.15) is 36.2 Å².